The van der Waals surface area contributed by atoms with Crippen molar-refractivity contribution in [3.63, 3.8) is 0 Å². The van der Waals surface area contributed by atoms with Crippen molar-refractivity contribution in [2.24, 2.45) is 5.92 Å². The van der Waals surface area contributed by atoms with Crippen molar-refractivity contribution in [3.8, 4) is 0 Å². The number of likely N-dealkylation sites (N-methyl/N-ethyl adjacent to an activating group) is 1. The molecule has 0 unspecified atom stereocenters. The molecule has 0 atom stereocenters. The summed E-state index contributed by atoms with van der Waals surface area (Å²) in [4.78, 5) is 28.3. The van der Waals surface area contributed by atoms with E-state index in [-0.39, 0.29) is 29.6 Å². The molecule has 5 nitrogen and oxygen atoms in total. The topological polar surface area (TPSA) is 52.7 Å². The third-order valence-corrected chi connectivity index (χ3v) is 4.87. The number of hydrogen-bond acceptors (Lipinski definition) is 3. The van der Waals surface area contributed by atoms with E-state index in [1.807, 2.05) is 20.9 Å². The average molecular weight is 349 g/mol. The summed E-state index contributed by atoms with van der Waals surface area (Å²) >= 11 is 0. The van der Waals surface area contributed by atoms with Gasteiger partial charge < -0.3 is 10.2 Å². The monoisotopic (exact) mass is 349 g/mol. The summed E-state index contributed by atoms with van der Waals surface area (Å²) < 4.78 is 12.9. The zero-order valence-corrected chi connectivity index (χ0v) is 15.3. The van der Waals surface area contributed by atoms with E-state index in [2.05, 4.69) is 10.2 Å². The Morgan fingerprint density at radius 1 is 1.24 bits per heavy atom. The number of nitrogens with zero attached hydrogens (tertiary/aromatic N) is 2. The Bertz CT molecular complexity index is 581. The van der Waals surface area contributed by atoms with Gasteiger partial charge in [0.25, 0.3) is 0 Å². The van der Waals surface area contributed by atoms with Crippen LogP contribution in [0.3, 0.4) is 0 Å². The van der Waals surface area contributed by atoms with Crippen LogP contribution in [-0.4, -0.2) is 54.3 Å². The number of hydrogen-bond donors (Lipinski definition) is 1. The lowest BCUT2D eigenvalue weighted by atomic mass is 9.95. The van der Waals surface area contributed by atoms with Crippen LogP contribution in [0.15, 0.2) is 24.3 Å². The quantitative estimate of drug-likeness (QED) is 0.855. The first-order valence-corrected chi connectivity index (χ1v) is 8.87. The van der Waals surface area contributed by atoms with Crippen LogP contribution in [0.4, 0.5) is 4.39 Å². The number of benzene rings is 1. The highest BCUT2D eigenvalue weighted by atomic mass is 19.1. The number of nitrogens with one attached hydrogen (secondary N) is 1. The standard InChI is InChI=1S/C19H28FN3O2/c1-14(2)22(3)18(24)13-23-10-8-16(9-11-23)19(25)21-12-15-4-6-17(20)7-5-15/h4-7,14,16H,8-13H2,1-3H3,(H,21,25). The summed E-state index contributed by atoms with van der Waals surface area (Å²) in [5.74, 6) is -0.140. The van der Waals surface area contributed by atoms with Crippen LogP contribution in [0.1, 0.15) is 32.3 Å². The van der Waals surface area contributed by atoms with Gasteiger partial charge in [-0.2, -0.15) is 0 Å². The molecule has 2 rings (SSSR count). The molecule has 1 aromatic carbocycles. The molecular formula is C19H28FN3O2. The fraction of sp³-hybridized carbons (Fsp3) is 0.579. The Morgan fingerprint density at radius 2 is 1.84 bits per heavy atom. The maximum atomic E-state index is 12.9. The third-order valence-electron chi connectivity index (χ3n) is 4.87. The third kappa shape index (κ3) is 5.81. The van der Waals surface area contributed by atoms with Gasteiger partial charge in [-0.15, -0.1) is 0 Å². The number of piperidine rings is 1. The van der Waals surface area contributed by atoms with Crippen LogP contribution < -0.4 is 5.32 Å². The molecule has 0 bridgehead atoms. The highest BCUT2D eigenvalue weighted by Gasteiger charge is 2.26. The SMILES string of the molecule is CC(C)N(C)C(=O)CN1CCC(C(=O)NCc2ccc(F)cc2)CC1. The van der Waals surface area contributed by atoms with E-state index in [9.17, 15) is 14.0 Å². The summed E-state index contributed by atoms with van der Waals surface area (Å²) in [5.41, 5.74) is 0.884. The molecule has 6 heteroatoms. The molecule has 2 amide bonds. The first-order valence-electron chi connectivity index (χ1n) is 8.87. The van der Waals surface area contributed by atoms with E-state index >= 15 is 0 Å². The molecule has 1 aliphatic rings. The Hall–Kier alpha value is -1.95. The molecular weight excluding hydrogens is 321 g/mol. The van der Waals surface area contributed by atoms with E-state index in [4.69, 9.17) is 0 Å². The fourth-order valence-electron chi connectivity index (χ4n) is 2.88. The number of carbonyl (C=O) groups is 2. The van der Waals surface area contributed by atoms with Crippen LogP contribution in [-0.2, 0) is 16.1 Å². The lowest BCUT2D eigenvalue weighted by Crippen LogP contribution is -2.46. The highest BCUT2D eigenvalue weighted by molar-refractivity contribution is 5.79. The molecule has 1 aromatic rings. The Morgan fingerprint density at radius 3 is 2.40 bits per heavy atom. The van der Waals surface area contributed by atoms with Crippen LogP contribution >= 0.6 is 0 Å². The fourth-order valence-corrected chi connectivity index (χ4v) is 2.88. The van der Waals surface area contributed by atoms with Crippen molar-refractivity contribution in [3.05, 3.63) is 35.6 Å². The van der Waals surface area contributed by atoms with Gasteiger partial charge in [0.05, 0.1) is 6.54 Å². The number of likely N-dealkylation sites (tertiary alicyclic amines) is 1. The van der Waals surface area contributed by atoms with Crippen LogP contribution in [0, 0.1) is 11.7 Å². The Kier molecular flexibility index (Phi) is 6.93. The molecule has 1 N–H and O–H groups in total. The summed E-state index contributed by atoms with van der Waals surface area (Å²) in [6.45, 7) is 6.33. The molecule has 0 radical (unpaired) electrons. The second-order valence-corrected chi connectivity index (χ2v) is 6.99. The lowest BCUT2D eigenvalue weighted by molar-refractivity contribution is -0.133. The van der Waals surface area contributed by atoms with Gasteiger partial charge in [-0.05, 0) is 57.5 Å². The number of halogens is 1. The molecule has 1 heterocycles. The summed E-state index contributed by atoms with van der Waals surface area (Å²) in [6.07, 6.45) is 1.52. The van der Waals surface area contributed by atoms with Crippen LogP contribution in [0.25, 0.3) is 0 Å². The minimum atomic E-state index is -0.278. The van der Waals surface area contributed by atoms with Crippen molar-refractivity contribution in [1.82, 2.24) is 15.1 Å². The predicted molar refractivity (Wildman–Crippen MR) is 95.3 cm³/mol. The summed E-state index contributed by atoms with van der Waals surface area (Å²) in [6, 6.07) is 6.34. The van der Waals surface area contributed by atoms with E-state index in [0.717, 1.165) is 31.5 Å². The average Bonchev–Trinajstić information content (AvgIpc) is 2.60. The van der Waals surface area contributed by atoms with Crippen molar-refractivity contribution < 1.29 is 14.0 Å². The molecule has 1 aliphatic heterocycles. The normalized spacial score (nSPS) is 16.0. The van der Waals surface area contributed by atoms with Crippen molar-refractivity contribution in [2.75, 3.05) is 26.7 Å². The van der Waals surface area contributed by atoms with E-state index in [1.54, 1.807) is 17.0 Å². The summed E-state index contributed by atoms with van der Waals surface area (Å²) in [7, 11) is 1.82. The van der Waals surface area contributed by atoms with Gasteiger partial charge in [0.15, 0.2) is 0 Å². The van der Waals surface area contributed by atoms with Gasteiger partial charge in [0.2, 0.25) is 11.8 Å². The van der Waals surface area contributed by atoms with Gasteiger partial charge in [-0.3, -0.25) is 14.5 Å². The lowest BCUT2D eigenvalue weighted by Gasteiger charge is -2.32. The van der Waals surface area contributed by atoms with Crippen LogP contribution in [0.5, 0.6) is 0 Å². The first kappa shape index (κ1) is 19.4. The Labute approximate surface area is 149 Å². The zero-order valence-electron chi connectivity index (χ0n) is 15.3. The number of amides is 2. The van der Waals surface area contributed by atoms with Crippen LogP contribution in [0.2, 0.25) is 0 Å². The second-order valence-electron chi connectivity index (χ2n) is 6.99. The van der Waals surface area contributed by atoms with Crippen molar-refractivity contribution >= 4 is 11.8 Å². The Balaban J connectivity index is 1.73. The van der Waals surface area contributed by atoms with Crippen molar-refractivity contribution in [1.29, 1.82) is 0 Å². The first-order chi connectivity index (χ1) is 11.9. The van der Waals surface area contributed by atoms with Crippen molar-refractivity contribution in [2.45, 2.75) is 39.3 Å². The van der Waals surface area contributed by atoms with E-state index < -0.39 is 0 Å². The number of rotatable bonds is 6. The predicted octanol–water partition coefficient (Wildman–Crippen LogP) is 2.02. The van der Waals surface area contributed by atoms with Gasteiger partial charge in [0.1, 0.15) is 5.82 Å². The molecule has 0 saturated carbocycles. The largest absolute Gasteiger partial charge is 0.352 e. The van der Waals surface area contributed by atoms with Gasteiger partial charge in [-0.1, -0.05) is 12.1 Å². The van der Waals surface area contributed by atoms with E-state index in [1.165, 1.54) is 12.1 Å². The van der Waals surface area contributed by atoms with E-state index in [0.29, 0.717) is 13.1 Å². The maximum Gasteiger partial charge on any atom is 0.236 e. The second kappa shape index (κ2) is 8.94. The molecule has 0 spiro atoms. The molecule has 0 aromatic heterocycles. The molecule has 1 fully saturated rings. The molecule has 25 heavy (non-hydrogen) atoms. The highest BCUT2D eigenvalue weighted by Crippen LogP contribution is 2.17. The molecule has 138 valence electrons. The van der Waals surface area contributed by atoms with Gasteiger partial charge >= 0.3 is 0 Å². The molecule has 1 saturated heterocycles. The minimum absolute atomic E-state index is 0.0189. The molecule has 0 aliphatic carbocycles. The number of carbonyl (C=O) groups excluding carboxylic acids is 2. The summed E-state index contributed by atoms with van der Waals surface area (Å²) in [5, 5.41) is 2.92. The van der Waals surface area contributed by atoms with Gasteiger partial charge in [-0.25, -0.2) is 4.39 Å². The maximum absolute atomic E-state index is 12.9. The zero-order chi connectivity index (χ0) is 18.4. The minimum Gasteiger partial charge on any atom is -0.352 e. The smallest absolute Gasteiger partial charge is 0.236 e. The van der Waals surface area contributed by atoms with Gasteiger partial charge in [0, 0.05) is 25.6 Å².